The standard InChI is InChI=1S/C23H22O5/c1-13(2)12-26-16-6-4-15(5-7-16)18-11-21(25)27-19-9-8-17-14(3)10-20(24)28-23(17)22(18)19/h4-10,13,18H,11-12H2,1-3H3/t18-/m1/s1. The Labute approximate surface area is 162 Å². The molecule has 0 radical (unpaired) electrons. The van der Waals surface area contributed by atoms with Gasteiger partial charge in [0.1, 0.15) is 17.1 Å². The molecule has 0 saturated heterocycles. The Kier molecular flexibility index (Phi) is 4.67. The topological polar surface area (TPSA) is 65.7 Å². The van der Waals surface area contributed by atoms with E-state index < -0.39 is 5.63 Å². The first kappa shape index (κ1) is 18.3. The minimum absolute atomic E-state index is 0.190. The van der Waals surface area contributed by atoms with Crippen molar-refractivity contribution >= 4 is 16.9 Å². The number of esters is 1. The molecule has 0 aliphatic carbocycles. The first-order chi connectivity index (χ1) is 13.4. The third kappa shape index (κ3) is 3.40. The second-order valence-corrected chi connectivity index (χ2v) is 7.61. The molecule has 0 bridgehead atoms. The number of carbonyl (C=O) groups is 1. The number of rotatable bonds is 4. The van der Waals surface area contributed by atoms with Crippen LogP contribution in [0, 0.1) is 12.8 Å². The van der Waals surface area contributed by atoms with Gasteiger partial charge in [0.15, 0.2) is 0 Å². The Morgan fingerprint density at radius 1 is 1.11 bits per heavy atom. The van der Waals surface area contributed by atoms with Crippen molar-refractivity contribution in [2.24, 2.45) is 5.92 Å². The molecule has 0 N–H and O–H groups in total. The molecule has 0 amide bonds. The lowest BCUT2D eigenvalue weighted by Crippen LogP contribution is -2.21. The maximum atomic E-state index is 12.2. The Bertz CT molecular complexity index is 1090. The van der Waals surface area contributed by atoms with Gasteiger partial charge in [-0.15, -0.1) is 0 Å². The first-order valence-corrected chi connectivity index (χ1v) is 9.43. The molecule has 5 nitrogen and oxygen atoms in total. The van der Waals surface area contributed by atoms with Gasteiger partial charge in [-0.25, -0.2) is 4.79 Å². The molecule has 1 aliphatic heterocycles. The summed E-state index contributed by atoms with van der Waals surface area (Å²) in [5.74, 6) is 1.13. The summed E-state index contributed by atoms with van der Waals surface area (Å²) in [5, 5.41) is 0.846. The summed E-state index contributed by atoms with van der Waals surface area (Å²) in [5.41, 5.74) is 2.61. The summed E-state index contributed by atoms with van der Waals surface area (Å²) < 4.78 is 16.7. The van der Waals surface area contributed by atoms with E-state index in [1.165, 1.54) is 6.07 Å². The molecule has 3 aromatic rings. The normalized spacial score (nSPS) is 16.1. The van der Waals surface area contributed by atoms with Gasteiger partial charge in [-0.1, -0.05) is 26.0 Å². The zero-order valence-electron chi connectivity index (χ0n) is 16.2. The third-order valence-corrected chi connectivity index (χ3v) is 4.93. The van der Waals surface area contributed by atoms with Gasteiger partial charge in [0, 0.05) is 22.9 Å². The minimum atomic E-state index is -0.411. The number of fused-ring (bicyclic) bond motifs is 3. The van der Waals surface area contributed by atoms with Crippen LogP contribution in [-0.4, -0.2) is 12.6 Å². The molecular weight excluding hydrogens is 356 g/mol. The maximum absolute atomic E-state index is 12.2. The first-order valence-electron chi connectivity index (χ1n) is 9.43. The van der Waals surface area contributed by atoms with E-state index >= 15 is 0 Å². The van der Waals surface area contributed by atoms with Crippen LogP contribution in [0.5, 0.6) is 11.5 Å². The number of hydrogen-bond donors (Lipinski definition) is 0. The van der Waals surface area contributed by atoms with Crippen molar-refractivity contribution in [3.05, 3.63) is 69.6 Å². The quantitative estimate of drug-likeness (QED) is 0.378. The maximum Gasteiger partial charge on any atom is 0.336 e. The van der Waals surface area contributed by atoms with Crippen molar-refractivity contribution in [1.82, 2.24) is 0 Å². The van der Waals surface area contributed by atoms with Crippen molar-refractivity contribution in [2.45, 2.75) is 33.1 Å². The Hall–Kier alpha value is -3.08. The van der Waals surface area contributed by atoms with Crippen LogP contribution < -0.4 is 15.1 Å². The fourth-order valence-electron chi connectivity index (χ4n) is 3.58. The van der Waals surface area contributed by atoms with Crippen LogP contribution in [0.2, 0.25) is 0 Å². The van der Waals surface area contributed by atoms with E-state index in [4.69, 9.17) is 13.9 Å². The van der Waals surface area contributed by atoms with E-state index in [2.05, 4.69) is 13.8 Å². The van der Waals surface area contributed by atoms with E-state index in [9.17, 15) is 9.59 Å². The van der Waals surface area contributed by atoms with Crippen molar-refractivity contribution in [3.8, 4) is 11.5 Å². The summed E-state index contributed by atoms with van der Waals surface area (Å²) in [7, 11) is 0. The van der Waals surface area contributed by atoms with Crippen molar-refractivity contribution in [2.75, 3.05) is 6.61 Å². The van der Waals surface area contributed by atoms with Crippen molar-refractivity contribution in [3.63, 3.8) is 0 Å². The highest BCUT2D eigenvalue weighted by atomic mass is 16.5. The molecule has 1 atom stereocenters. The SMILES string of the molecule is Cc1cc(=O)oc2c3c(ccc12)OC(=O)C[C@@H]3c1ccc(OCC(C)C)cc1. The fraction of sp³-hybridized carbons (Fsp3) is 0.304. The Morgan fingerprint density at radius 3 is 2.57 bits per heavy atom. The summed E-state index contributed by atoms with van der Waals surface area (Å²) in [6.07, 6.45) is 0.190. The smallest absolute Gasteiger partial charge is 0.336 e. The Morgan fingerprint density at radius 2 is 1.86 bits per heavy atom. The van der Waals surface area contributed by atoms with Crippen LogP contribution in [0.25, 0.3) is 11.0 Å². The van der Waals surface area contributed by atoms with Gasteiger partial charge in [0.05, 0.1) is 13.0 Å². The van der Waals surface area contributed by atoms with Crippen LogP contribution >= 0.6 is 0 Å². The molecule has 0 unspecified atom stereocenters. The number of aryl methyl sites for hydroxylation is 1. The third-order valence-electron chi connectivity index (χ3n) is 4.93. The molecule has 144 valence electrons. The second-order valence-electron chi connectivity index (χ2n) is 7.61. The molecule has 4 rings (SSSR count). The average Bonchev–Trinajstić information content (AvgIpc) is 2.65. The van der Waals surface area contributed by atoms with Crippen LogP contribution in [0.1, 0.15) is 42.9 Å². The predicted molar refractivity (Wildman–Crippen MR) is 106 cm³/mol. The van der Waals surface area contributed by atoms with E-state index in [0.717, 1.165) is 27.8 Å². The molecule has 0 spiro atoms. The monoisotopic (exact) mass is 378 g/mol. The van der Waals surface area contributed by atoms with E-state index in [0.29, 0.717) is 23.9 Å². The largest absolute Gasteiger partial charge is 0.493 e. The van der Waals surface area contributed by atoms with Crippen LogP contribution in [0.3, 0.4) is 0 Å². The molecule has 28 heavy (non-hydrogen) atoms. The van der Waals surface area contributed by atoms with Gasteiger partial charge >= 0.3 is 11.6 Å². The predicted octanol–water partition coefficient (Wildman–Crippen LogP) is 4.58. The highest BCUT2D eigenvalue weighted by molar-refractivity contribution is 5.89. The molecule has 0 saturated carbocycles. The number of benzene rings is 2. The molecule has 2 heterocycles. The molecule has 1 aliphatic rings. The van der Waals surface area contributed by atoms with Gasteiger partial charge in [0.25, 0.3) is 0 Å². The summed E-state index contributed by atoms with van der Waals surface area (Å²) in [6, 6.07) is 12.8. The van der Waals surface area contributed by atoms with E-state index in [-0.39, 0.29) is 18.3 Å². The van der Waals surface area contributed by atoms with E-state index in [1.54, 1.807) is 6.07 Å². The van der Waals surface area contributed by atoms with Gasteiger partial charge in [-0.3, -0.25) is 4.79 Å². The second kappa shape index (κ2) is 7.15. The lowest BCUT2D eigenvalue weighted by molar-refractivity contribution is -0.135. The molecule has 2 aromatic carbocycles. The minimum Gasteiger partial charge on any atom is -0.493 e. The lowest BCUT2D eigenvalue weighted by atomic mass is 9.85. The van der Waals surface area contributed by atoms with Gasteiger partial charge in [-0.05, 0) is 48.2 Å². The zero-order chi connectivity index (χ0) is 19.8. The summed E-state index contributed by atoms with van der Waals surface area (Å²) in [4.78, 5) is 24.2. The number of carbonyl (C=O) groups excluding carboxylic acids is 1. The van der Waals surface area contributed by atoms with Crippen LogP contribution in [0.15, 0.2) is 51.7 Å². The summed E-state index contributed by atoms with van der Waals surface area (Å²) in [6.45, 7) is 6.71. The van der Waals surface area contributed by atoms with Gasteiger partial charge in [0.2, 0.25) is 0 Å². The molecule has 1 aromatic heterocycles. The van der Waals surface area contributed by atoms with Crippen LogP contribution in [0.4, 0.5) is 0 Å². The molecular formula is C23H22O5. The Balaban J connectivity index is 1.80. The van der Waals surface area contributed by atoms with E-state index in [1.807, 2.05) is 37.3 Å². The van der Waals surface area contributed by atoms with Crippen molar-refractivity contribution < 1.29 is 18.7 Å². The van der Waals surface area contributed by atoms with Crippen LogP contribution in [-0.2, 0) is 4.79 Å². The van der Waals surface area contributed by atoms with Gasteiger partial charge < -0.3 is 13.9 Å². The average molecular weight is 378 g/mol. The number of hydrogen-bond acceptors (Lipinski definition) is 5. The van der Waals surface area contributed by atoms with Gasteiger partial charge in [-0.2, -0.15) is 0 Å². The molecule has 5 heteroatoms. The highest BCUT2D eigenvalue weighted by Crippen LogP contribution is 2.43. The fourth-order valence-corrected chi connectivity index (χ4v) is 3.58. The van der Waals surface area contributed by atoms with Crippen molar-refractivity contribution in [1.29, 1.82) is 0 Å². The highest BCUT2D eigenvalue weighted by Gasteiger charge is 2.31. The lowest BCUT2D eigenvalue weighted by Gasteiger charge is -2.25. The molecule has 0 fully saturated rings. The summed E-state index contributed by atoms with van der Waals surface area (Å²) >= 11 is 0. The zero-order valence-corrected chi connectivity index (χ0v) is 16.2. The number of ether oxygens (including phenoxy) is 2.